The van der Waals surface area contributed by atoms with E-state index in [9.17, 15) is 4.79 Å². The Hall–Kier alpha value is -1.88. The molecule has 1 heterocycles. The summed E-state index contributed by atoms with van der Waals surface area (Å²) in [4.78, 5) is 19.2. The van der Waals surface area contributed by atoms with Crippen molar-refractivity contribution >= 4 is 22.9 Å². The number of imidazole rings is 1. The highest BCUT2D eigenvalue weighted by Crippen LogP contribution is 2.32. The number of nitrogens with zero attached hydrogens (tertiary/aromatic N) is 1. The van der Waals surface area contributed by atoms with Gasteiger partial charge in [-0.15, -0.1) is 0 Å². The molecule has 0 spiro atoms. The van der Waals surface area contributed by atoms with Crippen LogP contribution in [0.25, 0.3) is 11.0 Å². The second-order valence-corrected chi connectivity index (χ2v) is 5.04. The summed E-state index contributed by atoms with van der Waals surface area (Å²) in [5, 5.41) is 2.77. The normalized spacial score (nSPS) is 17.4. The summed E-state index contributed by atoms with van der Waals surface area (Å²) in [6, 6.07) is 7.67. The third-order valence-corrected chi connectivity index (χ3v) is 3.51. The first-order chi connectivity index (χ1) is 8.65. The van der Waals surface area contributed by atoms with Gasteiger partial charge in [-0.25, -0.2) is 4.98 Å². The van der Waals surface area contributed by atoms with Crippen LogP contribution in [0.15, 0.2) is 24.3 Å². The third kappa shape index (κ3) is 2.09. The molecule has 2 aromatic rings. The van der Waals surface area contributed by atoms with Gasteiger partial charge in [-0.2, -0.15) is 0 Å². The van der Waals surface area contributed by atoms with Gasteiger partial charge in [0.15, 0.2) is 0 Å². The Balaban J connectivity index is 1.70. The molecule has 5 nitrogen and oxygen atoms in total. The number of hydrogen-bond donors (Lipinski definition) is 3. The molecule has 1 aromatic carbocycles. The Morgan fingerprint density at radius 3 is 2.89 bits per heavy atom. The number of hydrogen-bond acceptors (Lipinski definition) is 3. The molecular formula is C13H16N4O. The zero-order valence-electron chi connectivity index (χ0n) is 10.1. The number of nitrogens with two attached hydrogens (primary N) is 1. The molecule has 4 N–H and O–H groups in total. The van der Waals surface area contributed by atoms with Crippen molar-refractivity contribution in [2.45, 2.75) is 31.2 Å². The standard InChI is InChI=1S/C13H16N4O/c14-13(6-3-7-13)8-11(18)17-12-15-9-4-1-2-5-10(9)16-12/h1-2,4-5H,3,6-8,14H2,(H2,15,16,17,18). The van der Waals surface area contributed by atoms with Gasteiger partial charge >= 0.3 is 0 Å². The van der Waals surface area contributed by atoms with E-state index in [1.54, 1.807) is 0 Å². The van der Waals surface area contributed by atoms with Gasteiger partial charge in [0.1, 0.15) is 0 Å². The molecule has 1 aliphatic carbocycles. The van der Waals surface area contributed by atoms with Crippen molar-refractivity contribution in [3.63, 3.8) is 0 Å². The second kappa shape index (κ2) is 4.10. The maximum atomic E-state index is 11.8. The van der Waals surface area contributed by atoms with E-state index in [0.29, 0.717) is 12.4 Å². The lowest BCUT2D eigenvalue weighted by atomic mass is 9.75. The number of amides is 1. The van der Waals surface area contributed by atoms with Gasteiger partial charge < -0.3 is 10.7 Å². The number of benzene rings is 1. The first-order valence-corrected chi connectivity index (χ1v) is 6.18. The minimum Gasteiger partial charge on any atom is -0.325 e. The van der Waals surface area contributed by atoms with Crippen molar-refractivity contribution in [1.82, 2.24) is 9.97 Å². The lowest BCUT2D eigenvalue weighted by Crippen LogP contribution is -2.49. The largest absolute Gasteiger partial charge is 0.325 e. The van der Waals surface area contributed by atoms with Gasteiger partial charge in [-0.05, 0) is 31.4 Å². The van der Waals surface area contributed by atoms with Crippen molar-refractivity contribution in [1.29, 1.82) is 0 Å². The van der Waals surface area contributed by atoms with Gasteiger partial charge in [-0.1, -0.05) is 12.1 Å². The Bertz CT molecular complexity index is 552. The van der Waals surface area contributed by atoms with Gasteiger partial charge in [0.05, 0.1) is 11.0 Å². The van der Waals surface area contributed by atoms with Crippen molar-refractivity contribution in [3.8, 4) is 0 Å². The van der Waals surface area contributed by atoms with Crippen LogP contribution in [0.5, 0.6) is 0 Å². The smallest absolute Gasteiger partial charge is 0.228 e. The summed E-state index contributed by atoms with van der Waals surface area (Å²) < 4.78 is 0. The maximum Gasteiger partial charge on any atom is 0.228 e. The summed E-state index contributed by atoms with van der Waals surface area (Å²) >= 11 is 0. The molecule has 0 atom stereocenters. The molecule has 0 bridgehead atoms. The Kier molecular flexibility index (Phi) is 2.56. The summed E-state index contributed by atoms with van der Waals surface area (Å²) in [6.07, 6.45) is 3.35. The molecule has 0 saturated heterocycles. The van der Waals surface area contributed by atoms with Crippen molar-refractivity contribution in [2.75, 3.05) is 5.32 Å². The second-order valence-electron chi connectivity index (χ2n) is 5.04. The van der Waals surface area contributed by atoms with E-state index in [0.717, 1.165) is 30.3 Å². The molecule has 3 rings (SSSR count). The molecule has 5 heteroatoms. The highest BCUT2D eigenvalue weighted by Gasteiger charge is 2.34. The van der Waals surface area contributed by atoms with E-state index in [-0.39, 0.29) is 11.4 Å². The van der Waals surface area contributed by atoms with Crippen molar-refractivity contribution in [3.05, 3.63) is 24.3 Å². The van der Waals surface area contributed by atoms with Crippen molar-refractivity contribution in [2.24, 2.45) is 5.73 Å². The molecule has 1 saturated carbocycles. The zero-order valence-corrected chi connectivity index (χ0v) is 10.1. The van der Waals surface area contributed by atoms with E-state index in [1.807, 2.05) is 24.3 Å². The fourth-order valence-electron chi connectivity index (χ4n) is 2.32. The minimum absolute atomic E-state index is 0.0729. The molecule has 0 unspecified atom stereocenters. The fraction of sp³-hybridized carbons (Fsp3) is 0.385. The number of H-pyrrole nitrogens is 1. The number of fused-ring (bicyclic) bond motifs is 1. The zero-order chi connectivity index (χ0) is 12.6. The molecule has 0 radical (unpaired) electrons. The van der Waals surface area contributed by atoms with E-state index < -0.39 is 0 Å². The van der Waals surface area contributed by atoms with E-state index >= 15 is 0 Å². The topological polar surface area (TPSA) is 83.8 Å². The number of carbonyl (C=O) groups is 1. The summed E-state index contributed by atoms with van der Waals surface area (Å²) in [6.45, 7) is 0. The molecule has 1 amide bonds. The quantitative estimate of drug-likeness (QED) is 0.769. The number of anilines is 1. The summed E-state index contributed by atoms with van der Waals surface area (Å²) in [7, 11) is 0. The minimum atomic E-state index is -0.296. The SMILES string of the molecule is NC1(CC(=O)Nc2nc3ccccc3[nH]2)CCC1. The summed E-state index contributed by atoms with van der Waals surface area (Å²) in [5.74, 6) is 0.417. The first kappa shape index (κ1) is 11.2. The number of rotatable bonds is 3. The van der Waals surface area contributed by atoms with Crippen LogP contribution in [0, 0.1) is 0 Å². The van der Waals surface area contributed by atoms with E-state index in [4.69, 9.17) is 5.73 Å². The fourth-order valence-corrected chi connectivity index (χ4v) is 2.32. The Labute approximate surface area is 105 Å². The lowest BCUT2D eigenvalue weighted by Gasteiger charge is -2.37. The Morgan fingerprint density at radius 1 is 1.44 bits per heavy atom. The van der Waals surface area contributed by atoms with Gasteiger partial charge in [0.2, 0.25) is 11.9 Å². The average Bonchev–Trinajstić information content (AvgIpc) is 2.68. The van der Waals surface area contributed by atoms with Crippen LogP contribution in [0.2, 0.25) is 0 Å². The van der Waals surface area contributed by atoms with Crippen LogP contribution in [-0.4, -0.2) is 21.4 Å². The predicted octanol–water partition coefficient (Wildman–Crippen LogP) is 1.77. The number of carbonyl (C=O) groups excluding carboxylic acids is 1. The van der Waals surface area contributed by atoms with Crippen LogP contribution in [0.1, 0.15) is 25.7 Å². The van der Waals surface area contributed by atoms with Crippen LogP contribution < -0.4 is 11.1 Å². The monoisotopic (exact) mass is 244 g/mol. The van der Waals surface area contributed by atoms with Gasteiger partial charge in [0.25, 0.3) is 0 Å². The summed E-state index contributed by atoms with van der Waals surface area (Å²) in [5.41, 5.74) is 7.51. The van der Waals surface area contributed by atoms with Gasteiger partial charge in [-0.3, -0.25) is 10.1 Å². The highest BCUT2D eigenvalue weighted by atomic mass is 16.1. The highest BCUT2D eigenvalue weighted by molar-refractivity contribution is 5.91. The average molecular weight is 244 g/mol. The van der Waals surface area contributed by atoms with Crippen LogP contribution in [0.3, 0.4) is 0 Å². The predicted molar refractivity (Wildman–Crippen MR) is 70.1 cm³/mol. The van der Waals surface area contributed by atoms with Crippen LogP contribution in [0.4, 0.5) is 5.95 Å². The van der Waals surface area contributed by atoms with Crippen molar-refractivity contribution < 1.29 is 4.79 Å². The molecule has 1 fully saturated rings. The molecule has 18 heavy (non-hydrogen) atoms. The van der Waals surface area contributed by atoms with E-state index in [1.165, 1.54) is 0 Å². The maximum absolute atomic E-state index is 11.8. The van der Waals surface area contributed by atoms with Crippen LogP contribution >= 0.6 is 0 Å². The van der Waals surface area contributed by atoms with Gasteiger partial charge in [0, 0.05) is 12.0 Å². The third-order valence-electron chi connectivity index (χ3n) is 3.51. The molecular weight excluding hydrogens is 228 g/mol. The molecule has 1 aliphatic rings. The van der Waals surface area contributed by atoms with E-state index in [2.05, 4.69) is 15.3 Å². The molecule has 1 aromatic heterocycles. The number of para-hydroxylation sites is 2. The number of nitrogens with one attached hydrogen (secondary N) is 2. The lowest BCUT2D eigenvalue weighted by molar-refractivity contribution is -0.118. The van der Waals surface area contributed by atoms with Crippen LogP contribution in [-0.2, 0) is 4.79 Å². The molecule has 94 valence electrons. The molecule has 0 aliphatic heterocycles. The Morgan fingerprint density at radius 2 is 2.22 bits per heavy atom. The number of aromatic nitrogens is 2. The number of aromatic amines is 1. The first-order valence-electron chi connectivity index (χ1n) is 6.18.